The van der Waals surface area contributed by atoms with E-state index in [1.165, 1.54) is 244 Å². The van der Waals surface area contributed by atoms with Crippen LogP contribution in [0.25, 0.3) is 0 Å². The molecule has 0 aromatic heterocycles. The Bertz CT molecular complexity index is 1960. The third kappa shape index (κ3) is 76.3. The monoisotopic (exact) mass is 1490 g/mol. The number of carbonyl (C=O) groups is 4. The van der Waals surface area contributed by atoms with Crippen LogP contribution in [0.2, 0.25) is 0 Å². The van der Waals surface area contributed by atoms with Gasteiger partial charge in [0.2, 0.25) is 0 Å². The summed E-state index contributed by atoms with van der Waals surface area (Å²) in [7, 11) is -9.92. The summed E-state index contributed by atoms with van der Waals surface area (Å²) in [6.45, 7) is 9.66. The normalized spacial score (nSPS) is 13.9. The van der Waals surface area contributed by atoms with Gasteiger partial charge in [-0.3, -0.25) is 37.3 Å². The van der Waals surface area contributed by atoms with E-state index in [0.717, 1.165) is 115 Å². The van der Waals surface area contributed by atoms with E-state index in [1.807, 2.05) is 0 Å². The first-order valence-corrected chi connectivity index (χ1v) is 46.0. The lowest BCUT2D eigenvalue weighted by atomic mass is 10.0. The summed E-state index contributed by atoms with van der Waals surface area (Å²) in [6.07, 6.45) is 65.4. The highest BCUT2D eigenvalue weighted by Crippen LogP contribution is 2.45. The van der Waals surface area contributed by atoms with Gasteiger partial charge in [-0.1, -0.05) is 388 Å². The molecular weight excluding hydrogens is 1330 g/mol. The molecular formula is C83H162O17P2. The number of hydrogen-bond acceptors (Lipinski definition) is 15. The van der Waals surface area contributed by atoms with E-state index in [0.29, 0.717) is 25.7 Å². The average Bonchev–Trinajstić information content (AvgIpc) is 0.923. The van der Waals surface area contributed by atoms with Crippen LogP contribution in [0.3, 0.4) is 0 Å². The van der Waals surface area contributed by atoms with Gasteiger partial charge in [-0.15, -0.1) is 0 Å². The Morgan fingerprint density at radius 3 is 0.667 bits per heavy atom. The summed E-state index contributed by atoms with van der Waals surface area (Å²) >= 11 is 0. The van der Waals surface area contributed by atoms with Crippen molar-refractivity contribution in [3.8, 4) is 0 Å². The average molecular weight is 1490 g/mol. The van der Waals surface area contributed by atoms with Crippen LogP contribution in [0, 0.1) is 11.8 Å². The van der Waals surface area contributed by atoms with E-state index >= 15 is 0 Å². The Morgan fingerprint density at radius 1 is 0.265 bits per heavy atom. The fourth-order valence-electron chi connectivity index (χ4n) is 12.9. The van der Waals surface area contributed by atoms with Crippen molar-refractivity contribution < 1.29 is 80.2 Å². The summed E-state index contributed by atoms with van der Waals surface area (Å²) in [4.78, 5) is 73.0. The summed E-state index contributed by atoms with van der Waals surface area (Å²) in [5.74, 6) is -0.509. The van der Waals surface area contributed by atoms with Crippen LogP contribution in [0.4, 0.5) is 0 Å². The maximum Gasteiger partial charge on any atom is 0.472 e. The number of phosphoric ester groups is 2. The first-order chi connectivity index (χ1) is 49.4. The van der Waals surface area contributed by atoms with Crippen molar-refractivity contribution in [3.05, 3.63) is 0 Å². The zero-order valence-corrected chi connectivity index (χ0v) is 68.7. The molecule has 2 unspecified atom stereocenters. The second-order valence-electron chi connectivity index (χ2n) is 30.8. The van der Waals surface area contributed by atoms with Crippen LogP contribution in [0.15, 0.2) is 0 Å². The Morgan fingerprint density at radius 2 is 0.451 bits per heavy atom. The largest absolute Gasteiger partial charge is 0.472 e. The maximum absolute atomic E-state index is 13.1. The van der Waals surface area contributed by atoms with Gasteiger partial charge in [-0.05, 0) is 37.5 Å². The standard InChI is InChI=1S/C83H162O17P2/c1-7-9-11-13-15-16-17-18-19-20-21-22-23-26-33-38-43-49-55-61-68-83(88)100-79(72-94-81(86)66-60-54-48-42-37-32-27-24-25-30-35-40-46-51-57-63-75(3)4)74-98-102(91,92)96-70-77(84)69-95-101(89,90)97-73-78(71-93-80(85)65-59-53-45-14-12-10-8-2)99-82(87)67-62-56-50-44-39-34-29-28-31-36-41-47-52-58-64-76(5)6/h75-79,84H,7-74H2,1-6H3,(H,89,90)(H,91,92)/t77-,78+,79+/m0/s1. The fourth-order valence-corrected chi connectivity index (χ4v) is 14.5. The van der Waals surface area contributed by atoms with Crippen molar-refractivity contribution in [1.29, 1.82) is 0 Å². The van der Waals surface area contributed by atoms with Crippen LogP contribution in [-0.2, 0) is 65.4 Å². The molecule has 0 saturated carbocycles. The smallest absolute Gasteiger partial charge is 0.462 e. The van der Waals surface area contributed by atoms with Crippen molar-refractivity contribution in [2.45, 2.75) is 458 Å². The number of esters is 4. The SMILES string of the molecule is CCCCCCCCCCCCCCCCCCCCCCC(=O)O[C@H](COC(=O)CCCCCCCCCCCCCCCCCC(C)C)COP(=O)(O)OC[C@@H](O)COP(=O)(O)OC[C@@H](COC(=O)CCCCCCCCC)OC(=O)CCCCCCCCCCCCCCCCC(C)C. The summed E-state index contributed by atoms with van der Waals surface area (Å²) in [5, 5.41) is 10.6. The molecule has 102 heavy (non-hydrogen) atoms. The van der Waals surface area contributed by atoms with Crippen LogP contribution in [0.5, 0.6) is 0 Å². The number of aliphatic hydroxyl groups excluding tert-OH is 1. The predicted molar refractivity (Wildman–Crippen MR) is 418 cm³/mol. The van der Waals surface area contributed by atoms with Crippen LogP contribution < -0.4 is 0 Å². The minimum absolute atomic E-state index is 0.107. The third-order valence-electron chi connectivity index (χ3n) is 19.5. The van der Waals surface area contributed by atoms with Gasteiger partial charge in [0.1, 0.15) is 19.3 Å². The number of rotatable bonds is 82. The molecule has 0 fully saturated rings. The molecule has 0 bridgehead atoms. The second kappa shape index (κ2) is 74.5. The van der Waals surface area contributed by atoms with Gasteiger partial charge in [0.15, 0.2) is 12.2 Å². The molecule has 19 heteroatoms. The predicted octanol–water partition coefficient (Wildman–Crippen LogP) is 25.1. The van der Waals surface area contributed by atoms with Crippen LogP contribution in [0.1, 0.15) is 440 Å². The fraction of sp³-hybridized carbons (Fsp3) is 0.952. The molecule has 0 aliphatic heterocycles. The number of aliphatic hydroxyl groups is 1. The highest BCUT2D eigenvalue weighted by Gasteiger charge is 2.30. The summed E-state index contributed by atoms with van der Waals surface area (Å²) < 4.78 is 68.7. The topological polar surface area (TPSA) is 237 Å². The van der Waals surface area contributed by atoms with Gasteiger partial charge in [0.05, 0.1) is 26.4 Å². The maximum atomic E-state index is 13.1. The number of hydrogen-bond donors (Lipinski definition) is 3. The lowest BCUT2D eigenvalue weighted by Gasteiger charge is -2.21. The molecule has 0 spiro atoms. The molecule has 0 saturated heterocycles. The van der Waals surface area contributed by atoms with E-state index < -0.39 is 97.5 Å². The first kappa shape index (κ1) is 100. The van der Waals surface area contributed by atoms with Gasteiger partial charge in [0, 0.05) is 25.7 Å². The summed E-state index contributed by atoms with van der Waals surface area (Å²) in [5.41, 5.74) is 0. The van der Waals surface area contributed by atoms with Crippen molar-refractivity contribution >= 4 is 39.5 Å². The van der Waals surface area contributed by atoms with E-state index in [4.69, 9.17) is 37.0 Å². The van der Waals surface area contributed by atoms with Crippen molar-refractivity contribution in [1.82, 2.24) is 0 Å². The number of carbonyl (C=O) groups excluding carboxylic acids is 4. The van der Waals surface area contributed by atoms with Gasteiger partial charge >= 0.3 is 39.5 Å². The minimum Gasteiger partial charge on any atom is -0.462 e. The first-order valence-electron chi connectivity index (χ1n) is 43.0. The molecule has 0 aromatic carbocycles. The Labute approximate surface area is 626 Å². The lowest BCUT2D eigenvalue weighted by molar-refractivity contribution is -0.161. The Hall–Kier alpha value is -1.94. The third-order valence-corrected chi connectivity index (χ3v) is 21.4. The van der Waals surface area contributed by atoms with E-state index in [2.05, 4.69) is 41.5 Å². The van der Waals surface area contributed by atoms with Crippen molar-refractivity contribution in [2.24, 2.45) is 11.8 Å². The quantitative estimate of drug-likeness (QED) is 0.0222. The highest BCUT2D eigenvalue weighted by atomic mass is 31.2. The van der Waals surface area contributed by atoms with Crippen LogP contribution in [-0.4, -0.2) is 96.7 Å². The molecule has 0 radical (unpaired) electrons. The molecule has 0 aliphatic rings. The van der Waals surface area contributed by atoms with Crippen molar-refractivity contribution in [3.63, 3.8) is 0 Å². The minimum atomic E-state index is -4.96. The molecule has 0 aliphatic carbocycles. The van der Waals surface area contributed by atoms with Crippen molar-refractivity contribution in [2.75, 3.05) is 39.6 Å². The van der Waals surface area contributed by atoms with Gasteiger partial charge < -0.3 is 33.8 Å². The van der Waals surface area contributed by atoms with E-state index in [1.54, 1.807) is 0 Å². The molecule has 5 atom stereocenters. The number of unbranched alkanes of at least 4 members (excludes halogenated alkanes) is 52. The molecule has 0 aromatic rings. The van der Waals surface area contributed by atoms with Gasteiger partial charge in [-0.25, -0.2) is 9.13 Å². The van der Waals surface area contributed by atoms with Crippen LogP contribution >= 0.6 is 15.6 Å². The second-order valence-corrected chi connectivity index (χ2v) is 33.7. The highest BCUT2D eigenvalue weighted by molar-refractivity contribution is 7.47. The zero-order chi connectivity index (χ0) is 74.9. The zero-order valence-electron chi connectivity index (χ0n) is 66.9. The lowest BCUT2D eigenvalue weighted by Crippen LogP contribution is -2.30. The Balaban J connectivity index is 5.17. The molecule has 0 rings (SSSR count). The van der Waals surface area contributed by atoms with Gasteiger partial charge in [0.25, 0.3) is 0 Å². The molecule has 606 valence electrons. The number of ether oxygens (including phenoxy) is 4. The molecule has 3 N–H and O–H groups in total. The molecule has 0 heterocycles. The summed E-state index contributed by atoms with van der Waals surface area (Å²) in [6, 6.07) is 0. The molecule has 0 amide bonds. The number of phosphoric acid groups is 2. The van der Waals surface area contributed by atoms with E-state index in [9.17, 15) is 43.2 Å². The van der Waals surface area contributed by atoms with Gasteiger partial charge in [-0.2, -0.15) is 0 Å². The van der Waals surface area contributed by atoms with E-state index in [-0.39, 0.29) is 25.7 Å². The molecule has 17 nitrogen and oxygen atoms in total. The Kier molecular flexibility index (Phi) is 73.1.